The Morgan fingerprint density at radius 3 is 2.62 bits per heavy atom. The van der Waals surface area contributed by atoms with Gasteiger partial charge >= 0.3 is 137 Å². The average molecular weight is 322 g/mol. The molecule has 0 radical (unpaired) electrons. The van der Waals surface area contributed by atoms with E-state index in [1.54, 1.807) is 0 Å². The van der Waals surface area contributed by atoms with Crippen molar-refractivity contribution in [1.82, 2.24) is 0 Å². The van der Waals surface area contributed by atoms with E-state index in [-0.39, 0.29) is 0 Å². The van der Waals surface area contributed by atoms with E-state index in [4.69, 9.17) is 4.74 Å². The monoisotopic (exact) mass is 322 g/mol. The zero-order valence-corrected chi connectivity index (χ0v) is 14.6. The number of ether oxygens (including phenoxy) is 1. The second-order valence-corrected chi connectivity index (χ2v) is 7.17. The molecular weight excluding hydrogens is 296 g/mol. The molecule has 114 valence electrons. The van der Waals surface area contributed by atoms with Crippen molar-refractivity contribution in [3.05, 3.63) is 42.0 Å². The zero-order valence-electron chi connectivity index (χ0n) is 13.3. The molecule has 1 saturated carbocycles. The van der Waals surface area contributed by atoms with Crippen LogP contribution >= 0.6 is 0 Å². The molecule has 21 heavy (non-hydrogen) atoms. The van der Waals surface area contributed by atoms with Crippen LogP contribution in [0, 0.1) is 17.8 Å². The van der Waals surface area contributed by atoms with Crippen molar-refractivity contribution in [3.63, 3.8) is 0 Å². The topological polar surface area (TPSA) is 9.23 Å². The minimum absolute atomic E-state index is 0.352. The Labute approximate surface area is 137 Å². The molecule has 2 heteroatoms. The second-order valence-electron chi connectivity index (χ2n) is 6.55. The molecule has 1 nitrogen and oxygen atoms in total. The molecule has 0 amide bonds. The molecule has 0 aliphatic heterocycles. The number of rotatable bonds is 5. The maximum absolute atomic E-state index is 6.23. The van der Waals surface area contributed by atoms with Gasteiger partial charge in [0.05, 0.1) is 0 Å². The Kier molecular flexibility index (Phi) is 6.43. The molecule has 2 rings (SSSR count). The molecule has 0 aromatic heterocycles. The van der Waals surface area contributed by atoms with Crippen molar-refractivity contribution in [1.29, 1.82) is 0 Å². The van der Waals surface area contributed by atoms with Gasteiger partial charge in [0.2, 0.25) is 0 Å². The fraction of sp³-hybridized carbons (Fsp3) is 0.526. The van der Waals surface area contributed by atoms with Gasteiger partial charge in [-0.1, -0.05) is 0 Å². The van der Waals surface area contributed by atoms with Crippen LogP contribution in [0.4, 0.5) is 0 Å². The van der Waals surface area contributed by atoms with Crippen molar-refractivity contribution in [2.45, 2.75) is 46.1 Å². The summed E-state index contributed by atoms with van der Waals surface area (Å²) < 4.78 is 7.14. The van der Waals surface area contributed by atoms with E-state index >= 15 is 0 Å². The molecule has 0 saturated heterocycles. The Bertz CT molecular complexity index is 478. The van der Waals surface area contributed by atoms with Crippen molar-refractivity contribution < 1.29 is 20.6 Å². The fourth-order valence-corrected chi connectivity index (χ4v) is 3.47. The molecule has 0 unspecified atom stereocenters. The summed E-state index contributed by atoms with van der Waals surface area (Å²) in [6.45, 7) is 6.97. The van der Waals surface area contributed by atoms with Gasteiger partial charge in [0.25, 0.3) is 0 Å². The molecule has 0 N–H and O–H groups in total. The van der Waals surface area contributed by atoms with Crippen LogP contribution in [0.5, 0.6) is 0 Å². The molecule has 1 fully saturated rings. The van der Waals surface area contributed by atoms with Crippen LogP contribution in [0.15, 0.2) is 36.4 Å². The second kappa shape index (κ2) is 8.09. The molecule has 1 aromatic rings. The van der Waals surface area contributed by atoms with E-state index in [0.717, 1.165) is 10.5 Å². The summed E-state index contributed by atoms with van der Waals surface area (Å²) in [6, 6.07) is 10.3. The summed E-state index contributed by atoms with van der Waals surface area (Å²) >= 11 is 3.08. The van der Waals surface area contributed by atoms with Crippen LogP contribution in [-0.2, 0) is 20.6 Å². The summed E-state index contributed by atoms with van der Waals surface area (Å²) in [6.07, 6.45) is 8.30. The first kappa shape index (κ1) is 16.7. The fourth-order valence-electron chi connectivity index (χ4n) is 3.17. The van der Waals surface area contributed by atoms with Crippen LogP contribution < -0.4 is 0 Å². The first-order chi connectivity index (χ1) is 10.1. The number of benzene rings is 1. The molecule has 3 atom stereocenters. The molecule has 0 spiro atoms. The number of hydrogen-bond acceptors (Lipinski definition) is 1. The molecule has 0 heterocycles. The van der Waals surface area contributed by atoms with Crippen LogP contribution in [0.25, 0.3) is 6.08 Å². The van der Waals surface area contributed by atoms with Gasteiger partial charge in [-0.3, -0.25) is 0 Å². The van der Waals surface area contributed by atoms with E-state index in [0.29, 0.717) is 17.9 Å². The minimum atomic E-state index is 0.352. The van der Waals surface area contributed by atoms with Crippen LogP contribution in [0.3, 0.4) is 0 Å². The molecule has 1 aliphatic carbocycles. The molecular formula is C19H26CrO. The maximum atomic E-state index is 6.23. The van der Waals surface area contributed by atoms with E-state index < -0.39 is 0 Å². The van der Waals surface area contributed by atoms with Gasteiger partial charge in [-0.05, 0) is 0 Å². The summed E-state index contributed by atoms with van der Waals surface area (Å²) in [5.74, 6) is 2.14. The predicted octanol–water partition coefficient (Wildman–Crippen LogP) is 4.85. The van der Waals surface area contributed by atoms with Crippen molar-refractivity contribution in [2.24, 2.45) is 17.8 Å². The standard InChI is InChI=1S/C19H26O.Cr/c1-15(2)18-12-11-16(3)14-19(18)20-13-7-10-17-8-5-4-6-9-17;/h4-10,15-16,18-19H,11-12,14H2,1-3H3;/b10-7+;/t16-,18+,19-;/m0./s1. The first-order valence-electron chi connectivity index (χ1n) is 8.00. The quantitative estimate of drug-likeness (QED) is 0.752. The SMILES string of the molecule is CC(C)[C@H]1CC[C@H](C)C[C@@H]1O[C](=[Cr])/C=C/c1ccccc1. The summed E-state index contributed by atoms with van der Waals surface area (Å²) in [5.41, 5.74) is 1.20. The van der Waals surface area contributed by atoms with Crippen molar-refractivity contribution >= 4 is 10.6 Å². The Morgan fingerprint density at radius 1 is 1.24 bits per heavy atom. The normalized spacial score (nSPS) is 26.4. The third-order valence-corrected chi connectivity index (χ3v) is 4.80. The van der Waals surface area contributed by atoms with Gasteiger partial charge in [0.1, 0.15) is 0 Å². The van der Waals surface area contributed by atoms with E-state index in [2.05, 4.69) is 67.0 Å². The van der Waals surface area contributed by atoms with Gasteiger partial charge in [0, 0.05) is 0 Å². The summed E-state index contributed by atoms with van der Waals surface area (Å²) in [5, 5.41) is 0. The van der Waals surface area contributed by atoms with Gasteiger partial charge in [0.15, 0.2) is 0 Å². The van der Waals surface area contributed by atoms with Gasteiger partial charge in [-0.25, -0.2) is 0 Å². The zero-order chi connectivity index (χ0) is 15.2. The van der Waals surface area contributed by atoms with E-state index in [9.17, 15) is 0 Å². The van der Waals surface area contributed by atoms with Gasteiger partial charge in [-0.15, -0.1) is 0 Å². The van der Waals surface area contributed by atoms with Gasteiger partial charge in [-0.2, -0.15) is 0 Å². The Hall–Kier alpha value is -0.678. The van der Waals surface area contributed by atoms with Crippen LogP contribution in [-0.4, -0.2) is 10.7 Å². The first-order valence-corrected chi connectivity index (χ1v) is 8.63. The van der Waals surface area contributed by atoms with E-state index in [1.807, 2.05) is 12.1 Å². The number of hydrogen-bond donors (Lipinski definition) is 0. The van der Waals surface area contributed by atoms with Crippen LogP contribution in [0.2, 0.25) is 0 Å². The van der Waals surface area contributed by atoms with E-state index in [1.165, 1.54) is 24.8 Å². The summed E-state index contributed by atoms with van der Waals surface area (Å²) in [7, 11) is 0. The Morgan fingerprint density at radius 2 is 1.95 bits per heavy atom. The van der Waals surface area contributed by atoms with Crippen molar-refractivity contribution in [2.75, 3.05) is 0 Å². The molecule has 1 aliphatic rings. The predicted molar refractivity (Wildman–Crippen MR) is 86.7 cm³/mol. The van der Waals surface area contributed by atoms with Crippen molar-refractivity contribution in [3.8, 4) is 0 Å². The average Bonchev–Trinajstić information content (AvgIpc) is 2.46. The third kappa shape index (κ3) is 5.22. The Balaban J connectivity index is 1.95. The summed E-state index contributed by atoms with van der Waals surface area (Å²) in [4.78, 5) is 0. The molecule has 0 bridgehead atoms. The third-order valence-electron chi connectivity index (χ3n) is 4.44. The van der Waals surface area contributed by atoms with Crippen LogP contribution in [0.1, 0.15) is 45.6 Å². The molecule has 1 aromatic carbocycles. The van der Waals surface area contributed by atoms with Gasteiger partial charge < -0.3 is 0 Å².